The summed E-state index contributed by atoms with van der Waals surface area (Å²) in [5.41, 5.74) is 5.19. The van der Waals surface area contributed by atoms with E-state index < -0.39 is 24.3 Å². The van der Waals surface area contributed by atoms with Crippen molar-refractivity contribution < 1.29 is 28.9 Å². The number of hydrogen-bond acceptors (Lipinski definition) is 8. The first-order valence-electron chi connectivity index (χ1n) is 15.5. The third-order valence-electron chi connectivity index (χ3n) is 8.08. The Labute approximate surface area is 270 Å². The van der Waals surface area contributed by atoms with Crippen LogP contribution in [0, 0.1) is 0 Å². The molecular weight excluding hydrogens is 582 g/mol. The molecule has 9 nitrogen and oxygen atoms in total. The second kappa shape index (κ2) is 15.7. The van der Waals surface area contributed by atoms with Crippen LogP contribution in [0.15, 0.2) is 103 Å². The predicted octanol–water partition coefficient (Wildman–Crippen LogP) is 5.58. The molecule has 1 aliphatic rings. The van der Waals surface area contributed by atoms with Crippen molar-refractivity contribution in [2.45, 2.75) is 57.4 Å². The first-order valence-corrected chi connectivity index (χ1v) is 15.5. The number of carbonyl (C=O) groups is 2. The van der Waals surface area contributed by atoms with E-state index in [1.807, 2.05) is 85.1 Å². The molecule has 5 rings (SSSR count). The number of ether oxygens (including phenoxy) is 3. The Bertz CT molecular complexity index is 1570. The van der Waals surface area contributed by atoms with Gasteiger partial charge in [-0.15, -0.1) is 0 Å². The van der Waals surface area contributed by atoms with Crippen molar-refractivity contribution in [1.29, 1.82) is 0 Å². The highest BCUT2D eigenvalue weighted by molar-refractivity contribution is 5.95. The van der Waals surface area contributed by atoms with Gasteiger partial charge < -0.3 is 29.5 Å². The minimum absolute atomic E-state index is 0.0437. The Kier molecular flexibility index (Phi) is 11.3. The highest BCUT2D eigenvalue weighted by atomic mass is 16.7. The van der Waals surface area contributed by atoms with Crippen molar-refractivity contribution in [2.24, 2.45) is 0 Å². The van der Waals surface area contributed by atoms with Crippen molar-refractivity contribution in [3.8, 4) is 0 Å². The molecule has 0 radical (unpaired) electrons. The summed E-state index contributed by atoms with van der Waals surface area (Å²) in [5, 5.41) is 12.5. The minimum atomic E-state index is -0.938. The number of likely N-dealkylation sites (N-methyl/N-ethyl adjacent to an activating group) is 1. The van der Waals surface area contributed by atoms with Crippen molar-refractivity contribution in [3.63, 3.8) is 0 Å². The number of esters is 1. The summed E-state index contributed by atoms with van der Waals surface area (Å²) in [5.74, 6) is -1.10. The maximum Gasteiger partial charge on any atom is 0.303 e. The van der Waals surface area contributed by atoms with Crippen molar-refractivity contribution in [2.75, 3.05) is 25.5 Å². The first-order chi connectivity index (χ1) is 22.3. The molecule has 1 fully saturated rings. The van der Waals surface area contributed by atoms with E-state index in [1.165, 1.54) is 13.8 Å². The van der Waals surface area contributed by atoms with Gasteiger partial charge in [-0.25, -0.2) is 0 Å². The number of aliphatic hydroxyl groups is 1. The van der Waals surface area contributed by atoms with Gasteiger partial charge in [0.05, 0.1) is 18.8 Å². The van der Waals surface area contributed by atoms with Crippen LogP contribution >= 0.6 is 0 Å². The fraction of sp³-hybridized carbons (Fsp3) is 0.324. The van der Waals surface area contributed by atoms with Gasteiger partial charge in [-0.3, -0.25) is 14.6 Å². The summed E-state index contributed by atoms with van der Waals surface area (Å²) >= 11 is 0. The predicted molar refractivity (Wildman–Crippen MR) is 175 cm³/mol. The number of nitrogens with one attached hydrogen (secondary N) is 1. The number of hydrogen-bond donors (Lipinski definition) is 2. The molecule has 46 heavy (non-hydrogen) atoms. The summed E-state index contributed by atoms with van der Waals surface area (Å²) in [6.45, 7) is 4.18. The van der Waals surface area contributed by atoms with Crippen LogP contribution in [-0.4, -0.2) is 59.2 Å². The molecular formula is C37H41N3O6. The Morgan fingerprint density at radius 1 is 0.935 bits per heavy atom. The Hall–Kier alpha value is -4.41. The van der Waals surface area contributed by atoms with E-state index >= 15 is 0 Å². The SMILES string of the molecule is CC(=O)OC(C)C(=O)Nc1cccc(C2OC(CN(C)CCc3ccccn3)C(c3ccccc3)C(c3ccc(CO)cc3)O2)c1. The lowest BCUT2D eigenvalue weighted by Gasteiger charge is -2.44. The Balaban J connectivity index is 1.45. The number of rotatable bonds is 12. The zero-order valence-electron chi connectivity index (χ0n) is 26.4. The minimum Gasteiger partial charge on any atom is -0.453 e. The van der Waals surface area contributed by atoms with Gasteiger partial charge in [0.15, 0.2) is 12.4 Å². The van der Waals surface area contributed by atoms with Gasteiger partial charge in [0, 0.05) is 55.5 Å². The molecule has 1 aliphatic heterocycles. The molecule has 9 heteroatoms. The molecule has 0 saturated carbocycles. The molecule has 0 bridgehead atoms. The quantitative estimate of drug-likeness (QED) is 0.197. The number of nitrogens with zero attached hydrogens (tertiary/aromatic N) is 2. The van der Waals surface area contributed by atoms with E-state index in [2.05, 4.69) is 34.4 Å². The molecule has 2 heterocycles. The molecule has 4 aromatic rings. The average Bonchev–Trinajstić information content (AvgIpc) is 3.07. The topological polar surface area (TPSA) is 110 Å². The van der Waals surface area contributed by atoms with Gasteiger partial charge in [-0.2, -0.15) is 0 Å². The molecule has 240 valence electrons. The fourth-order valence-electron chi connectivity index (χ4n) is 5.72. The maximum absolute atomic E-state index is 12.7. The van der Waals surface area contributed by atoms with Crippen molar-refractivity contribution in [3.05, 3.63) is 131 Å². The smallest absolute Gasteiger partial charge is 0.303 e. The number of aliphatic hydroxyl groups excluding tert-OH is 1. The molecule has 0 aliphatic carbocycles. The van der Waals surface area contributed by atoms with Crippen LogP contribution in [0.25, 0.3) is 0 Å². The molecule has 1 aromatic heterocycles. The molecule has 5 atom stereocenters. The second-order valence-electron chi connectivity index (χ2n) is 11.6. The summed E-state index contributed by atoms with van der Waals surface area (Å²) in [6, 6.07) is 31.4. The van der Waals surface area contributed by atoms with Gasteiger partial charge in [-0.05, 0) is 54.9 Å². The molecule has 3 aromatic carbocycles. The van der Waals surface area contributed by atoms with Gasteiger partial charge in [-0.1, -0.05) is 72.8 Å². The summed E-state index contributed by atoms with van der Waals surface area (Å²) < 4.78 is 18.7. The Morgan fingerprint density at radius 2 is 1.67 bits per heavy atom. The van der Waals surface area contributed by atoms with E-state index in [1.54, 1.807) is 6.07 Å². The highest BCUT2D eigenvalue weighted by Crippen LogP contribution is 2.47. The summed E-state index contributed by atoms with van der Waals surface area (Å²) in [4.78, 5) is 30.8. The lowest BCUT2D eigenvalue weighted by atomic mass is 9.83. The van der Waals surface area contributed by atoms with E-state index in [0.29, 0.717) is 12.2 Å². The molecule has 2 N–H and O–H groups in total. The number of benzene rings is 3. The normalized spacial score (nSPS) is 20.2. The van der Waals surface area contributed by atoms with Crippen molar-refractivity contribution in [1.82, 2.24) is 9.88 Å². The number of pyridine rings is 1. The van der Waals surface area contributed by atoms with E-state index in [4.69, 9.17) is 14.2 Å². The lowest BCUT2D eigenvalue weighted by Crippen LogP contribution is -2.43. The number of aromatic nitrogens is 1. The van der Waals surface area contributed by atoms with Gasteiger partial charge in [0.2, 0.25) is 0 Å². The number of carbonyl (C=O) groups excluding carboxylic acids is 2. The largest absolute Gasteiger partial charge is 0.453 e. The van der Waals surface area contributed by atoms with Crippen LogP contribution in [-0.2, 0) is 36.8 Å². The maximum atomic E-state index is 12.7. The van der Waals surface area contributed by atoms with E-state index in [9.17, 15) is 14.7 Å². The Morgan fingerprint density at radius 3 is 2.37 bits per heavy atom. The summed E-state index contributed by atoms with van der Waals surface area (Å²) in [7, 11) is 2.09. The second-order valence-corrected chi connectivity index (χ2v) is 11.6. The van der Waals surface area contributed by atoms with Crippen molar-refractivity contribution >= 4 is 17.6 Å². The zero-order valence-corrected chi connectivity index (χ0v) is 26.4. The average molecular weight is 624 g/mol. The van der Waals surface area contributed by atoms with Crippen LogP contribution < -0.4 is 5.32 Å². The van der Waals surface area contributed by atoms with Crippen LogP contribution in [0.1, 0.15) is 60.1 Å². The first kappa shape index (κ1) is 33.0. The van der Waals surface area contributed by atoms with Gasteiger partial charge >= 0.3 is 5.97 Å². The standard InChI is InChI=1S/C37H41N3O6/c1-25(44-26(2)42)36(43)39-32-14-9-12-30(22-32)37-45-33(23-40(3)21-19-31-13-7-8-20-38-31)34(28-10-5-4-6-11-28)35(46-37)29-17-15-27(24-41)16-18-29/h4-18,20,22,25,33-35,37,41H,19,21,23-24H2,1-3H3,(H,39,43). The number of amides is 1. The third kappa shape index (κ3) is 8.64. The van der Waals surface area contributed by atoms with E-state index in [0.717, 1.165) is 40.9 Å². The molecule has 1 saturated heterocycles. The molecule has 0 spiro atoms. The third-order valence-corrected chi connectivity index (χ3v) is 8.08. The van der Waals surface area contributed by atoms with Crippen LogP contribution in [0.3, 0.4) is 0 Å². The van der Waals surface area contributed by atoms with Gasteiger partial charge in [0.25, 0.3) is 5.91 Å². The summed E-state index contributed by atoms with van der Waals surface area (Å²) in [6.07, 6.45) is 0.309. The fourth-order valence-corrected chi connectivity index (χ4v) is 5.72. The van der Waals surface area contributed by atoms with Crippen LogP contribution in [0.2, 0.25) is 0 Å². The number of anilines is 1. The highest BCUT2D eigenvalue weighted by Gasteiger charge is 2.42. The molecule has 5 unspecified atom stereocenters. The van der Waals surface area contributed by atoms with Crippen LogP contribution in [0.4, 0.5) is 5.69 Å². The van der Waals surface area contributed by atoms with Crippen LogP contribution in [0.5, 0.6) is 0 Å². The zero-order chi connectivity index (χ0) is 32.5. The lowest BCUT2D eigenvalue weighted by molar-refractivity contribution is -0.263. The van der Waals surface area contributed by atoms with E-state index in [-0.39, 0.29) is 24.7 Å². The monoisotopic (exact) mass is 623 g/mol. The van der Waals surface area contributed by atoms with Gasteiger partial charge in [0.1, 0.15) is 0 Å². The molecule has 1 amide bonds.